The Morgan fingerprint density at radius 1 is 2.00 bits per heavy atom. The number of nitrogens with zero attached hydrogens (tertiary/aromatic N) is 1. The molecule has 0 amide bonds. The minimum Gasteiger partial charge on any atom is -0.247 e. The molecule has 0 N–H and O–H groups in total. The highest BCUT2D eigenvalue weighted by Gasteiger charge is 1.85. The molecule has 0 unspecified atom stereocenters. The first-order chi connectivity index (χ1) is 6.12. The van der Waals surface area contributed by atoms with E-state index < -0.39 is 19.4 Å². The van der Waals surface area contributed by atoms with Gasteiger partial charge in [0, 0.05) is 19.3 Å². The smallest absolute Gasteiger partial charge is 0.0897 e. The van der Waals surface area contributed by atoms with Crippen molar-refractivity contribution in [3.63, 3.8) is 0 Å². The maximum absolute atomic E-state index is 7.27. The van der Waals surface area contributed by atoms with Gasteiger partial charge in [0.15, 0.2) is 0 Å². The Kier molecular flexibility index (Phi) is 0.262. The SMILES string of the molecule is [2H]c1sc(C([2H])([2H])[2H])nc1C([2H])([2H])[2H]. The molecular formula is C5H7NS. The third kappa shape index (κ3) is 0.996. The molecule has 0 fully saturated rings. The summed E-state index contributed by atoms with van der Waals surface area (Å²) < 4.78 is 49.3. The first-order valence-corrected chi connectivity index (χ1v) is 2.42. The molecule has 0 radical (unpaired) electrons. The van der Waals surface area contributed by atoms with Crippen molar-refractivity contribution in [1.29, 1.82) is 0 Å². The van der Waals surface area contributed by atoms with Gasteiger partial charge in [-0.3, -0.25) is 0 Å². The fraction of sp³-hybridized carbons (Fsp3) is 0.400. The minimum atomic E-state index is -2.52. The molecule has 0 aromatic carbocycles. The molecule has 2 heteroatoms. The minimum absolute atomic E-state index is 0.298. The summed E-state index contributed by atoms with van der Waals surface area (Å²) in [6.45, 7) is -4.96. The highest BCUT2D eigenvalue weighted by molar-refractivity contribution is 7.09. The van der Waals surface area contributed by atoms with Crippen molar-refractivity contribution in [3.05, 3.63) is 16.1 Å². The van der Waals surface area contributed by atoms with Crippen LogP contribution in [-0.2, 0) is 0 Å². The van der Waals surface area contributed by atoms with Gasteiger partial charge in [0.2, 0.25) is 0 Å². The molecule has 1 heterocycles. The van der Waals surface area contributed by atoms with E-state index in [2.05, 4.69) is 4.98 Å². The van der Waals surface area contributed by atoms with E-state index in [1.807, 2.05) is 0 Å². The summed E-state index contributed by atoms with van der Waals surface area (Å²) in [5.41, 5.74) is -0.436. The zero-order valence-electron chi connectivity index (χ0n) is 10.4. The van der Waals surface area contributed by atoms with Crippen LogP contribution in [0.2, 0.25) is 0 Å². The summed E-state index contributed by atoms with van der Waals surface area (Å²) in [7, 11) is 0. The second kappa shape index (κ2) is 1.62. The van der Waals surface area contributed by atoms with Crippen LogP contribution in [0, 0.1) is 13.7 Å². The fourth-order valence-electron chi connectivity index (χ4n) is 0.244. The van der Waals surface area contributed by atoms with Crippen molar-refractivity contribution in [2.24, 2.45) is 0 Å². The zero-order valence-corrected chi connectivity index (χ0v) is 4.17. The maximum atomic E-state index is 7.27. The maximum Gasteiger partial charge on any atom is 0.0897 e. The number of aromatic nitrogens is 1. The van der Waals surface area contributed by atoms with E-state index in [-0.39, 0.29) is 10.4 Å². The van der Waals surface area contributed by atoms with E-state index >= 15 is 0 Å². The van der Waals surface area contributed by atoms with Gasteiger partial charge in [0.05, 0.1) is 6.38 Å². The van der Waals surface area contributed by atoms with Crippen molar-refractivity contribution in [3.8, 4) is 0 Å². The number of rotatable bonds is 0. The predicted molar refractivity (Wildman–Crippen MR) is 31.6 cm³/mol. The first kappa shape index (κ1) is 1.13. The summed E-state index contributed by atoms with van der Waals surface area (Å²) in [6.07, 6.45) is 0. The van der Waals surface area contributed by atoms with Gasteiger partial charge in [0.1, 0.15) is 0 Å². The van der Waals surface area contributed by atoms with Gasteiger partial charge >= 0.3 is 0 Å². The number of hydrogen-bond acceptors (Lipinski definition) is 2. The molecular weight excluding hydrogens is 106 g/mol. The molecule has 0 aliphatic carbocycles. The van der Waals surface area contributed by atoms with E-state index in [9.17, 15) is 0 Å². The molecule has 0 atom stereocenters. The topological polar surface area (TPSA) is 12.9 Å². The molecule has 38 valence electrons. The molecule has 1 aromatic heterocycles. The lowest BCUT2D eigenvalue weighted by atomic mass is 10.6. The lowest BCUT2D eigenvalue weighted by Crippen LogP contribution is -1.67. The quantitative estimate of drug-likeness (QED) is 0.508. The van der Waals surface area contributed by atoms with Crippen LogP contribution < -0.4 is 0 Å². The van der Waals surface area contributed by atoms with Crippen LogP contribution in [0.5, 0.6) is 0 Å². The van der Waals surface area contributed by atoms with Crippen molar-refractivity contribution in [1.82, 2.24) is 4.98 Å². The normalized spacial score (nSPS) is 27.7. The van der Waals surface area contributed by atoms with Crippen LogP contribution in [0.15, 0.2) is 5.36 Å². The Morgan fingerprint density at radius 3 is 3.43 bits per heavy atom. The van der Waals surface area contributed by atoms with E-state index in [1.165, 1.54) is 0 Å². The molecule has 0 spiro atoms. The van der Waals surface area contributed by atoms with E-state index in [0.29, 0.717) is 11.3 Å². The second-order valence-electron chi connectivity index (χ2n) is 0.970. The largest absolute Gasteiger partial charge is 0.247 e. The van der Waals surface area contributed by atoms with Crippen molar-refractivity contribution >= 4 is 11.3 Å². The molecule has 0 saturated carbocycles. The summed E-state index contributed by atoms with van der Waals surface area (Å²) in [5, 5.41) is -0.607. The summed E-state index contributed by atoms with van der Waals surface area (Å²) in [5.74, 6) is 0. The standard InChI is InChI=1S/C5H7NS/c1-4-3-7-5(2)6-4/h3H,1-2H3/i1D3,2D3,3D. The van der Waals surface area contributed by atoms with Crippen molar-refractivity contribution in [2.45, 2.75) is 13.7 Å². The average Bonchev–Trinajstić information content (AvgIpc) is 2.27. The van der Waals surface area contributed by atoms with Crippen LogP contribution in [0.4, 0.5) is 0 Å². The van der Waals surface area contributed by atoms with Crippen molar-refractivity contribution < 1.29 is 9.60 Å². The van der Waals surface area contributed by atoms with E-state index in [4.69, 9.17) is 9.60 Å². The highest BCUT2D eigenvalue weighted by Crippen LogP contribution is 2.04. The number of thiazole rings is 1. The average molecular weight is 120 g/mol. The molecule has 0 saturated heterocycles. The first-order valence-electron chi connectivity index (χ1n) is 5.11. The Bertz CT molecular complexity index is 335. The van der Waals surface area contributed by atoms with Gasteiger partial charge in [0.25, 0.3) is 0 Å². The molecule has 1 nitrogen and oxygen atoms in total. The Labute approximate surface area is 56.9 Å². The molecule has 0 aliphatic heterocycles. The molecule has 7 heavy (non-hydrogen) atoms. The van der Waals surface area contributed by atoms with Crippen LogP contribution in [0.1, 0.15) is 20.3 Å². The molecule has 1 rings (SSSR count). The van der Waals surface area contributed by atoms with Crippen LogP contribution >= 0.6 is 11.3 Å². The van der Waals surface area contributed by atoms with Crippen LogP contribution in [-0.4, -0.2) is 4.98 Å². The van der Waals surface area contributed by atoms with Gasteiger partial charge in [-0.15, -0.1) is 11.3 Å². The Hall–Kier alpha value is -0.370. The fourth-order valence-corrected chi connectivity index (χ4v) is 0.620. The predicted octanol–water partition coefficient (Wildman–Crippen LogP) is 1.76. The van der Waals surface area contributed by atoms with Crippen molar-refractivity contribution in [2.75, 3.05) is 0 Å². The summed E-state index contributed by atoms with van der Waals surface area (Å²) >= 11 is 0.581. The van der Waals surface area contributed by atoms with Gasteiger partial charge in [-0.1, -0.05) is 0 Å². The number of aryl methyl sites for hydroxylation is 2. The lowest BCUT2D eigenvalue weighted by Gasteiger charge is -1.71. The molecule has 0 aliphatic rings. The molecule has 1 aromatic rings. The third-order valence-corrected chi connectivity index (χ3v) is 1.04. The summed E-state index contributed by atoms with van der Waals surface area (Å²) in [4.78, 5) is 3.46. The second-order valence-corrected chi connectivity index (χ2v) is 1.76. The highest BCUT2D eigenvalue weighted by atomic mass is 32.1. The lowest BCUT2D eigenvalue weighted by molar-refractivity contribution is 1.20. The van der Waals surface area contributed by atoms with Gasteiger partial charge < -0.3 is 0 Å². The monoisotopic (exact) mass is 120 g/mol. The third-order valence-electron chi connectivity index (χ3n) is 0.458. The van der Waals surface area contributed by atoms with Gasteiger partial charge in [-0.25, -0.2) is 4.98 Å². The van der Waals surface area contributed by atoms with Gasteiger partial charge in [-0.2, -0.15) is 0 Å². The zero-order chi connectivity index (χ0) is 11.1. The number of hydrogen-bond donors (Lipinski definition) is 0. The van der Waals surface area contributed by atoms with E-state index in [1.54, 1.807) is 0 Å². The van der Waals surface area contributed by atoms with Crippen LogP contribution in [0.25, 0.3) is 0 Å². The van der Waals surface area contributed by atoms with E-state index in [0.717, 1.165) is 0 Å². The Balaban J connectivity index is 3.19. The Morgan fingerprint density at radius 2 is 3.00 bits per heavy atom. The van der Waals surface area contributed by atoms with Crippen LogP contribution in [0.3, 0.4) is 0 Å². The molecule has 0 bridgehead atoms. The van der Waals surface area contributed by atoms with Gasteiger partial charge in [-0.05, 0) is 13.7 Å². The summed E-state index contributed by atoms with van der Waals surface area (Å²) in [6, 6.07) is 0.